The lowest BCUT2D eigenvalue weighted by Gasteiger charge is -2.03. The molecule has 0 fully saturated rings. The average Bonchev–Trinajstić information content (AvgIpc) is 2.66. The van der Waals surface area contributed by atoms with Gasteiger partial charge in [0.25, 0.3) is 0 Å². The number of hydrogen-bond acceptors (Lipinski definition) is 4. The maximum absolute atomic E-state index is 8.66. The van der Waals surface area contributed by atoms with E-state index in [1.165, 1.54) is 89.9 Å². The Bertz CT molecular complexity index is 247. The van der Waals surface area contributed by atoms with Gasteiger partial charge in [-0.1, -0.05) is 63.5 Å². The fourth-order valence-corrected chi connectivity index (χ4v) is 3.08. The van der Waals surface area contributed by atoms with E-state index in [4.69, 9.17) is 10.2 Å². The standard InChI is InChI=1S/C22H46N2O2/c25-21-19-23-17-15-13-11-9-7-5-3-1-2-4-6-8-10-12-14-16-18-24-20-22-26/h1-2,23-26H,3-22H2/b2-1-. The molecular weight excluding hydrogens is 324 g/mol. The van der Waals surface area contributed by atoms with Crippen molar-refractivity contribution >= 4 is 0 Å². The van der Waals surface area contributed by atoms with E-state index in [9.17, 15) is 0 Å². The van der Waals surface area contributed by atoms with Crippen molar-refractivity contribution in [2.24, 2.45) is 0 Å². The molecule has 0 aromatic heterocycles. The minimum absolute atomic E-state index is 0.248. The number of hydrogen-bond donors (Lipinski definition) is 4. The van der Waals surface area contributed by atoms with E-state index in [-0.39, 0.29) is 13.2 Å². The molecule has 0 atom stereocenters. The molecule has 0 aliphatic rings. The Balaban J connectivity index is 3.04. The van der Waals surface area contributed by atoms with Crippen LogP contribution in [0.2, 0.25) is 0 Å². The maximum Gasteiger partial charge on any atom is 0.0555 e. The molecule has 26 heavy (non-hydrogen) atoms. The van der Waals surface area contributed by atoms with Crippen molar-refractivity contribution in [2.45, 2.75) is 89.9 Å². The maximum atomic E-state index is 8.66. The molecule has 0 radical (unpaired) electrons. The third kappa shape index (κ3) is 23.6. The van der Waals surface area contributed by atoms with Crippen LogP contribution < -0.4 is 10.6 Å². The highest BCUT2D eigenvalue weighted by Crippen LogP contribution is 2.09. The molecule has 0 spiro atoms. The van der Waals surface area contributed by atoms with Gasteiger partial charge in [-0.3, -0.25) is 0 Å². The van der Waals surface area contributed by atoms with Crippen LogP contribution in [0.3, 0.4) is 0 Å². The van der Waals surface area contributed by atoms with Crippen molar-refractivity contribution in [1.29, 1.82) is 0 Å². The summed E-state index contributed by atoms with van der Waals surface area (Å²) in [4.78, 5) is 0. The van der Waals surface area contributed by atoms with Gasteiger partial charge in [-0.2, -0.15) is 0 Å². The summed E-state index contributed by atoms with van der Waals surface area (Å²) in [7, 11) is 0. The lowest BCUT2D eigenvalue weighted by atomic mass is 10.1. The zero-order chi connectivity index (χ0) is 19.0. The number of rotatable bonds is 22. The highest BCUT2D eigenvalue weighted by molar-refractivity contribution is 4.81. The van der Waals surface area contributed by atoms with E-state index in [1.807, 2.05) is 0 Å². The van der Waals surface area contributed by atoms with E-state index in [0.29, 0.717) is 0 Å². The highest BCUT2D eigenvalue weighted by atomic mass is 16.3. The normalized spacial score (nSPS) is 11.6. The molecule has 0 amide bonds. The van der Waals surface area contributed by atoms with Crippen molar-refractivity contribution in [3.8, 4) is 0 Å². The fraction of sp³-hybridized carbons (Fsp3) is 0.909. The lowest BCUT2D eigenvalue weighted by molar-refractivity contribution is 0.291. The van der Waals surface area contributed by atoms with Crippen LogP contribution >= 0.6 is 0 Å². The topological polar surface area (TPSA) is 64.5 Å². The van der Waals surface area contributed by atoms with Crippen LogP contribution in [0.4, 0.5) is 0 Å². The predicted octanol–water partition coefficient (Wildman–Crippen LogP) is 4.17. The van der Waals surface area contributed by atoms with Gasteiger partial charge in [-0.25, -0.2) is 0 Å². The number of aliphatic hydroxyl groups excluding tert-OH is 2. The second kappa shape index (κ2) is 24.6. The van der Waals surface area contributed by atoms with Crippen LogP contribution in [0, 0.1) is 0 Å². The predicted molar refractivity (Wildman–Crippen MR) is 114 cm³/mol. The largest absolute Gasteiger partial charge is 0.395 e. The second-order valence-electron chi connectivity index (χ2n) is 7.24. The first-order valence-corrected chi connectivity index (χ1v) is 11.2. The minimum atomic E-state index is 0.248. The van der Waals surface area contributed by atoms with Crippen LogP contribution in [0.25, 0.3) is 0 Å². The number of allylic oxidation sites excluding steroid dienone is 2. The minimum Gasteiger partial charge on any atom is -0.395 e. The Morgan fingerprint density at radius 1 is 0.423 bits per heavy atom. The quantitative estimate of drug-likeness (QED) is 0.171. The third-order valence-electron chi connectivity index (χ3n) is 4.69. The molecule has 0 saturated heterocycles. The number of unbranched alkanes of at least 4 members (excludes halogenated alkanes) is 12. The van der Waals surface area contributed by atoms with Gasteiger partial charge in [0.05, 0.1) is 13.2 Å². The highest BCUT2D eigenvalue weighted by Gasteiger charge is 1.92. The number of nitrogens with one attached hydrogen (secondary N) is 2. The van der Waals surface area contributed by atoms with Gasteiger partial charge in [0.2, 0.25) is 0 Å². The van der Waals surface area contributed by atoms with E-state index >= 15 is 0 Å². The molecule has 4 heteroatoms. The van der Waals surface area contributed by atoms with Crippen LogP contribution in [0.1, 0.15) is 89.9 Å². The summed E-state index contributed by atoms with van der Waals surface area (Å²) in [6.45, 7) is 4.05. The average molecular weight is 371 g/mol. The van der Waals surface area contributed by atoms with Gasteiger partial charge >= 0.3 is 0 Å². The summed E-state index contributed by atoms with van der Waals surface area (Å²) in [6.07, 6.45) is 23.2. The van der Waals surface area contributed by atoms with Crippen molar-refractivity contribution in [1.82, 2.24) is 10.6 Å². The lowest BCUT2D eigenvalue weighted by Crippen LogP contribution is -2.19. The fourth-order valence-electron chi connectivity index (χ4n) is 3.08. The van der Waals surface area contributed by atoms with Gasteiger partial charge in [0, 0.05) is 13.1 Å². The smallest absolute Gasteiger partial charge is 0.0555 e. The summed E-state index contributed by atoms with van der Waals surface area (Å²) in [5.74, 6) is 0. The van der Waals surface area contributed by atoms with Crippen LogP contribution in [0.15, 0.2) is 12.2 Å². The monoisotopic (exact) mass is 370 g/mol. The molecule has 0 saturated carbocycles. The summed E-state index contributed by atoms with van der Waals surface area (Å²) >= 11 is 0. The van der Waals surface area contributed by atoms with E-state index < -0.39 is 0 Å². The summed E-state index contributed by atoms with van der Waals surface area (Å²) < 4.78 is 0. The molecule has 0 aromatic rings. The van der Waals surface area contributed by atoms with Crippen LogP contribution in [0.5, 0.6) is 0 Å². The first-order valence-electron chi connectivity index (χ1n) is 11.2. The first-order chi connectivity index (χ1) is 12.9. The molecule has 0 rings (SSSR count). The van der Waals surface area contributed by atoms with Gasteiger partial charge in [-0.05, 0) is 51.6 Å². The molecule has 0 heterocycles. The third-order valence-corrected chi connectivity index (χ3v) is 4.69. The zero-order valence-corrected chi connectivity index (χ0v) is 17.2. The Morgan fingerprint density at radius 2 is 0.769 bits per heavy atom. The van der Waals surface area contributed by atoms with Crippen molar-refractivity contribution < 1.29 is 10.2 Å². The molecule has 0 unspecified atom stereocenters. The molecule has 156 valence electrons. The molecular formula is C22H46N2O2. The second-order valence-corrected chi connectivity index (χ2v) is 7.24. The van der Waals surface area contributed by atoms with Crippen LogP contribution in [-0.2, 0) is 0 Å². The zero-order valence-electron chi connectivity index (χ0n) is 17.2. The molecule has 4 N–H and O–H groups in total. The Hall–Kier alpha value is -0.420. The Kier molecular flexibility index (Phi) is 24.2. The summed E-state index contributed by atoms with van der Waals surface area (Å²) in [6, 6.07) is 0. The van der Waals surface area contributed by atoms with Crippen molar-refractivity contribution in [3.63, 3.8) is 0 Å². The molecule has 4 nitrogen and oxygen atoms in total. The molecule has 0 aliphatic heterocycles. The first kappa shape index (κ1) is 25.6. The molecule has 0 aliphatic carbocycles. The van der Waals surface area contributed by atoms with E-state index in [1.54, 1.807) is 0 Å². The Morgan fingerprint density at radius 3 is 1.15 bits per heavy atom. The molecule has 0 bridgehead atoms. The van der Waals surface area contributed by atoms with Gasteiger partial charge < -0.3 is 20.8 Å². The van der Waals surface area contributed by atoms with Crippen molar-refractivity contribution in [2.75, 3.05) is 39.4 Å². The van der Waals surface area contributed by atoms with E-state index in [0.717, 1.165) is 26.2 Å². The van der Waals surface area contributed by atoms with Gasteiger partial charge in [0.15, 0.2) is 0 Å². The van der Waals surface area contributed by atoms with E-state index in [2.05, 4.69) is 22.8 Å². The summed E-state index contributed by atoms with van der Waals surface area (Å²) in [5.41, 5.74) is 0. The SMILES string of the molecule is OCCNCCCCCCCC/C=C\CCCCCCCCNCCO. The van der Waals surface area contributed by atoms with Crippen LogP contribution in [-0.4, -0.2) is 49.6 Å². The van der Waals surface area contributed by atoms with Gasteiger partial charge in [0.1, 0.15) is 0 Å². The van der Waals surface area contributed by atoms with Crippen molar-refractivity contribution in [3.05, 3.63) is 12.2 Å². The number of aliphatic hydroxyl groups is 2. The Labute approximate surface area is 162 Å². The van der Waals surface area contributed by atoms with Gasteiger partial charge in [-0.15, -0.1) is 0 Å². The summed E-state index contributed by atoms with van der Waals surface area (Å²) in [5, 5.41) is 23.8. The molecule has 0 aromatic carbocycles.